The van der Waals surface area contributed by atoms with E-state index >= 15 is 0 Å². The number of nitrogens with zero attached hydrogens (tertiary/aromatic N) is 1. The molecule has 0 atom stereocenters. The average molecular weight is 315 g/mol. The van der Waals surface area contributed by atoms with Gasteiger partial charge in [-0.2, -0.15) is 0 Å². The monoisotopic (exact) mass is 314 g/mol. The number of para-hydroxylation sites is 1. The number of halogens is 1. The molecular weight excluding hydrogens is 300 g/mol. The molecule has 0 fully saturated rings. The Morgan fingerprint density at radius 2 is 1.77 bits per heavy atom. The summed E-state index contributed by atoms with van der Waals surface area (Å²) in [6, 6.07) is 15.9. The van der Waals surface area contributed by atoms with Crippen LogP contribution < -0.4 is 5.32 Å². The molecule has 22 heavy (non-hydrogen) atoms. The Labute approximate surface area is 133 Å². The lowest BCUT2D eigenvalue weighted by atomic mass is 10.2. The van der Waals surface area contributed by atoms with Crippen molar-refractivity contribution in [3.8, 4) is 0 Å². The van der Waals surface area contributed by atoms with E-state index in [4.69, 9.17) is 11.6 Å². The lowest BCUT2D eigenvalue weighted by Crippen LogP contribution is -2.16. The minimum atomic E-state index is -0.443. The standard InChI is InChI=1S/C17H15ClN2O2/c1-12(21)16(11-19-14-5-3-2-4-6-14)17(22)20-15-9-7-13(18)8-10-15/h2-11,21H,1H3,(H,20,22)/b16-12-,19-11?. The van der Waals surface area contributed by atoms with Crippen LogP contribution in [0.15, 0.2) is 70.9 Å². The zero-order chi connectivity index (χ0) is 15.9. The van der Waals surface area contributed by atoms with Gasteiger partial charge in [-0.25, -0.2) is 0 Å². The summed E-state index contributed by atoms with van der Waals surface area (Å²) in [4.78, 5) is 16.4. The fourth-order valence-electron chi connectivity index (χ4n) is 1.70. The van der Waals surface area contributed by atoms with E-state index in [0.717, 1.165) is 0 Å². The number of carbonyl (C=O) groups is 1. The van der Waals surface area contributed by atoms with Crippen molar-refractivity contribution in [3.05, 3.63) is 71.0 Å². The molecule has 0 saturated carbocycles. The van der Waals surface area contributed by atoms with Crippen molar-refractivity contribution in [1.82, 2.24) is 0 Å². The number of aliphatic hydroxyl groups excluding tert-OH is 1. The van der Waals surface area contributed by atoms with Gasteiger partial charge in [-0.15, -0.1) is 0 Å². The van der Waals surface area contributed by atoms with Crippen molar-refractivity contribution < 1.29 is 9.90 Å². The number of hydrogen-bond donors (Lipinski definition) is 2. The van der Waals surface area contributed by atoms with E-state index in [9.17, 15) is 9.90 Å². The average Bonchev–Trinajstić information content (AvgIpc) is 2.50. The van der Waals surface area contributed by atoms with Gasteiger partial charge in [0.1, 0.15) is 5.76 Å². The molecule has 0 unspecified atom stereocenters. The first-order valence-electron chi connectivity index (χ1n) is 6.62. The number of hydrogen-bond acceptors (Lipinski definition) is 3. The van der Waals surface area contributed by atoms with Crippen LogP contribution in [0.4, 0.5) is 11.4 Å². The second kappa shape index (κ2) is 7.43. The molecule has 0 radical (unpaired) electrons. The number of benzene rings is 2. The van der Waals surface area contributed by atoms with Gasteiger partial charge < -0.3 is 10.4 Å². The Bertz CT molecular complexity index is 703. The third-order valence-corrected chi connectivity index (χ3v) is 3.09. The van der Waals surface area contributed by atoms with Crippen LogP contribution in [0.3, 0.4) is 0 Å². The van der Waals surface area contributed by atoms with E-state index in [1.807, 2.05) is 18.2 Å². The molecule has 4 nitrogen and oxygen atoms in total. The van der Waals surface area contributed by atoms with E-state index in [1.54, 1.807) is 36.4 Å². The van der Waals surface area contributed by atoms with Crippen LogP contribution in [-0.2, 0) is 4.79 Å². The van der Waals surface area contributed by atoms with E-state index in [2.05, 4.69) is 10.3 Å². The van der Waals surface area contributed by atoms with Crippen LogP contribution in [0.2, 0.25) is 5.02 Å². The summed E-state index contributed by atoms with van der Waals surface area (Å²) in [5.74, 6) is -0.548. The van der Waals surface area contributed by atoms with Gasteiger partial charge in [-0.1, -0.05) is 29.8 Å². The van der Waals surface area contributed by atoms with Crippen LogP contribution >= 0.6 is 11.6 Å². The van der Waals surface area contributed by atoms with Gasteiger partial charge in [0.25, 0.3) is 5.91 Å². The minimum absolute atomic E-state index is 0.0961. The van der Waals surface area contributed by atoms with Crippen LogP contribution in [0.5, 0.6) is 0 Å². The smallest absolute Gasteiger partial charge is 0.260 e. The van der Waals surface area contributed by atoms with Crippen molar-refractivity contribution in [2.75, 3.05) is 5.32 Å². The van der Waals surface area contributed by atoms with Gasteiger partial charge >= 0.3 is 0 Å². The molecule has 0 spiro atoms. The highest BCUT2D eigenvalue weighted by molar-refractivity contribution is 6.30. The summed E-state index contributed by atoms with van der Waals surface area (Å²) in [6.07, 6.45) is 1.34. The Kier molecular flexibility index (Phi) is 5.33. The Morgan fingerprint density at radius 1 is 1.14 bits per heavy atom. The molecule has 2 aromatic carbocycles. The van der Waals surface area contributed by atoms with Gasteiger partial charge in [-0.05, 0) is 43.3 Å². The highest BCUT2D eigenvalue weighted by Gasteiger charge is 2.11. The van der Waals surface area contributed by atoms with Crippen LogP contribution in [0.25, 0.3) is 0 Å². The molecule has 0 aliphatic rings. The number of allylic oxidation sites excluding steroid dienone is 1. The largest absolute Gasteiger partial charge is 0.512 e. The molecule has 2 N–H and O–H groups in total. The zero-order valence-corrected chi connectivity index (χ0v) is 12.7. The van der Waals surface area contributed by atoms with E-state index in [1.165, 1.54) is 13.1 Å². The second-order valence-electron chi connectivity index (χ2n) is 4.55. The van der Waals surface area contributed by atoms with Gasteiger partial charge in [0, 0.05) is 16.9 Å². The molecule has 0 aliphatic carbocycles. The third-order valence-electron chi connectivity index (χ3n) is 2.84. The minimum Gasteiger partial charge on any atom is -0.512 e. The maximum absolute atomic E-state index is 12.2. The first-order valence-corrected chi connectivity index (χ1v) is 7.00. The summed E-state index contributed by atoms with van der Waals surface area (Å²) in [7, 11) is 0. The lowest BCUT2D eigenvalue weighted by molar-refractivity contribution is -0.112. The van der Waals surface area contributed by atoms with Crippen molar-refractivity contribution in [1.29, 1.82) is 0 Å². The van der Waals surface area contributed by atoms with E-state index in [0.29, 0.717) is 16.4 Å². The Morgan fingerprint density at radius 3 is 2.36 bits per heavy atom. The first-order chi connectivity index (χ1) is 10.6. The van der Waals surface area contributed by atoms with Crippen LogP contribution in [0, 0.1) is 0 Å². The molecule has 0 bridgehead atoms. The van der Waals surface area contributed by atoms with Gasteiger partial charge in [0.15, 0.2) is 0 Å². The number of anilines is 1. The van der Waals surface area contributed by atoms with Crippen LogP contribution in [0.1, 0.15) is 6.92 Å². The number of nitrogens with one attached hydrogen (secondary N) is 1. The van der Waals surface area contributed by atoms with Crippen molar-refractivity contribution in [2.45, 2.75) is 6.92 Å². The van der Waals surface area contributed by atoms with E-state index in [-0.39, 0.29) is 11.3 Å². The van der Waals surface area contributed by atoms with Crippen molar-refractivity contribution in [3.63, 3.8) is 0 Å². The number of rotatable bonds is 4. The first kappa shape index (κ1) is 15.8. The summed E-state index contributed by atoms with van der Waals surface area (Å²) >= 11 is 5.80. The van der Waals surface area contributed by atoms with Gasteiger partial charge in [0.05, 0.1) is 11.3 Å². The highest BCUT2D eigenvalue weighted by Crippen LogP contribution is 2.15. The number of aliphatic hydroxyl groups is 1. The van der Waals surface area contributed by atoms with Gasteiger partial charge in [-0.3, -0.25) is 9.79 Å². The number of amides is 1. The summed E-state index contributed by atoms with van der Waals surface area (Å²) < 4.78 is 0. The predicted octanol–water partition coefficient (Wildman–Crippen LogP) is 4.51. The Balaban J connectivity index is 2.15. The third kappa shape index (κ3) is 4.46. The maximum atomic E-state index is 12.2. The highest BCUT2D eigenvalue weighted by atomic mass is 35.5. The van der Waals surface area contributed by atoms with Crippen molar-refractivity contribution >= 4 is 35.1 Å². The number of aliphatic imine (C=N–C) groups is 1. The number of carbonyl (C=O) groups excluding carboxylic acids is 1. The summed E-state index contributed by atoms with van der Waals surface area (Å²) in [6.45, 7) is 1.44. The molecule has 0 heterocycles. The van der Waals surface area contributed by atoms with Crippen molar-refractivity contribution in [2.24, 2.45) is 4.99 Å². The summed E-state index contributed by atoms with van der Waals surface area (Å²) in [5.41, 5.74) is 1.38. The molecule has 5 heteroatoms. The zero-order valence-electron chi connectivity index (χ0n) is 12.0. The Hall–Kier alpha value is -2.59. The van der Waals surface area contributed by atoms with Crippen LogP contribution in [-0.4, -0.2) is 17.2 Å². The van der Waals surface area contributed by atoms with E-state index < -0.39 is 5.91 Å². The topological polar surface area (TPSA) is 61.7 Å². The lowest BCUT2D eigenvalue weighted by Gasteiger charge is -2.06. The van der Waals surface area contributed by atoms with Gasteiger partial charge in [0.2, 0.25) is 0 Å². The SMILES string of the molecule is C/C(O)=C(\C=Nc1ccccc1)C(=O)Nc1ccc(Cl)cc1. The quantitative estimate of drug-likeness (QED) is 0.495. The molecule has 0 aliphatic heterocycles. The fourth-order valence-corrected chi connectivity index (χ4v) is 1.83. The summed E-state index contributed by atoms with van der Waals surface area (Å²) in [5, 5.41) is 13.0. The molecule has 0 saturated heterocycles. The predicted molar refractivity (Wildman–Crippen MR) is 90.0 cm³/mol. The molecule has 1 amide bonds. The molecule has 0 aromatic heterocycles. The second-order valence-corrected chi connectivity index (χ2v) is 4.99. The maximum Gasteiger partial charge on any atom is 0.260 e. The normalized spacial score (nSPS) is 12.1. The molecule has 2 aromatic rings. The molecule has 112 valence electrons. The molecular formula is C17H15ClN2O2. The fraction of sp³-hybridized carbons (Fsp3) is 0.0588. The molecule has 2 rings (SSSR count).